The SMILES string of the molecule is COc1cc(Cl)c(C)cc1NC(=O)CN(C)CC(=O)Nc1ccc(Br)cn1. The molecule has 2 aromatic rings. The summed E-state index contributed by atoms with van der Waals surface area (Å²) in [6, 6.07) is 6.85. The minimum atomic E-state index is -0.271. The number of nitrogens with one attached hydrogen (secondary N) is 2. The normalized spacial score (nSPS) is 10.6. The second kappa shape index (κ2) is 9.68. The number of ether oxygens (including phenoxy) is 1. The van der Waals surface area contributed by atoms with Crippen molar-refractivity contribution in [1.82, 2.24) is 9.88 Å². The zero-order valence-electron chi connectivity index (χ0n) is 15.2. The fourth-order valence-corrected chi connectivity index (χ4v) is 2.69. The van der Waals surface area contributed by atoms with E-state index in [1.165, 1.54) is 7.11 Å². The van der Waals surface area contributed by atoms with Crippen LogP contribution in [-0.2, 0) is 9.59 Å². The van der Waals surface area contributed by atoms with Gasteiger partial charge in [-0.2, -0.15) is 0 Å². The minimum Gasteiger partial charge on any atom is -0.495 e. The number of carbonyl (C=O) groups is 2. The van der Waals surface area contributed by atoms with E-state index in [4.69, 9.17) is 16.3 Å². The quantitative estimate of drug-likeness (QED) is 0.669. The first-order valence-electron chi connectivity index (χ1n) is 8.02. The average molecular weight is 456 g/mol. The molecule has 144 valence electrons. The highest BCUT2D eigenvalue weighted by Gasteiger charge is 2.14. The molecule has 27 heavy (non-hydrogen) atoms. The lowest BCUT2D eigenvalue weighted by Gasteiger charge is -2.17. The first-order chi connectivity index (χ1) is 12.8. The number of likely N-dealkylation sites (N-methyl/N-ethyl adjacent to an activating group) is 1. The second-order valence-corrected chi connectivity index (χ2v) is 7.25. The lowest BCUT2D eigenvalue weighted by Crippen LogP contribution is -2.36. The number of anilines is 2. The van der Waals surface area contributed by atoms with Gasteiger partial charge in [-0.1, -0.05) is 11.6 Å². The van der Waals surface area contributed by atoms with Crippen LogP contribution in [0.1, 0.15) is 5.56 Å². The number of carbonyl (C=O) groups excluding carboxylic acids is 2. The first-order valence-corrected chi connectivity index (χ1v) is 9.19. The molecule has 0 atom stereocenters. The molecule has 0 aliphatic heterocycles. The molecule has 2 N–H and O–H groups in total. The molecule has 7 nitrogen and oxygen atoms in total. The highest BCUT2D eigenvalue weighted by molar-refractivity contribution is 9.10. The van der Waals surface area contributed by atoms with E-state index < -0.39 is 0 Å². The van der Waals surface area contributed by atoms with Gasteiger partial charge in [-0.15, -0.1) is 0 Å². The molecule has 9 heteroatoms. The number of rotatable bonds is 7. The van der Waals surface area contributed by atoms with Gasteiger partial charge in [0.2, 0.25) is 11.8 Å². The van der Waals surface area contributed by atoms with Crippen LogP contribution in [0.4, 0.5) is 11.5 Å². The smallest absolute Gasteiger partial charge is 0.239 e. The molecule has 2 amide bonds. The summed E-state index contributed by atoms with van der Waals surface area (Å²) in [4.78, 5) is 30.0. The molecule has 0 fully saturated rings. The zero-order valence-corrected chi connectivity index (χ0v) is 17.5. The van der Waals surface area contributed by atoms with Gasteiger partial charge in [0.1, 0.15) is 11.6 Å². The van der Waals surface area contributed by atoms with E-state index in [2.05, 4.69) is 31.5 Å². The van der Waals surface area contributed by atoms with Crippen LogP contribution in [0.5, 0.6) is 5.75 Å². The molecular weight excluding hydrogens is 436 g/mol. The van der Waals surface area contributed by atoms with Gasteiger partial charge in [-0.3, -0.25) is 14.5 Å². The fraction of sp³-hybridized carbons (Fsp3) is 0.278. The van der Waals surface area contributed by atoms with E-state index in [0.29, 0.717) is 22.3 Å². The molecule has 0 saturated carbocycles. The fourth-order valence-electron chi connectivity index (χ4n) is 2.30. The summed E-state index contributed by atoms with van der Waals surface area (Å²) >= 11 is 9.35. The van der Waals surface area contributed by atoms with Gasteiger partial charge in [-0.25, -0.2) is 4.98 Å². The molecular formula is C18H20BrClN4O3. The first kappa shape index (κ1) is 21.1. The summed E-state index contributed by atoms with van der Waals surface area (Å²) in [5.74, 6) is 0.384. The van der Waals surface area contributed by atoms with E-state index in [1.54, 1.807) is 42.4 Å². The molecule has 0 aliphatic carbocycles. The third-order valence-corrected chi connectivity index (χ3v) is 4.45. The van der Waals surface area contributed by atoms with Gasteiger partial charge >= 0.3 is 0 Å². The topological polar surface area (TPSA) is 83.6 Å². The summed E-state index contributed by atoms with van der Waals surface area (Å²) in [5.41, 5.74) is 1.35. The van der Waals surface area contributed by atoms with Crippen LogP contribution in [-0.4, -0.2) is 48.9 Å². The zero-order chi connectivity index (χ0) is 20.0. The van der Waals surface area contributed by atoms with Crippen molar-refractivity contribution >= 4 is 50.9 Å². The molecule has 1 aromatic heterocycles. The molecule has 0 radical (unpaired) electrons. The number of amides is 2. The van der Waals surface area contributed by atoms with Crippen LogP contribution < -0.4 is 15.4 Å². The molecule has 0 aliphatic rings. The average Bonchev–Trinajstić information content (AvgIpc) is 2.59. The van der Waals surface area contributed by atoms with Crippen molar-refractivity contribution in [1.29, 1.82) is 0 Å². The van der Waals surface area contributed by atoms with Crippen molar-refractivity contribution in [2.75, 3.05) is 37.9 Å². The van der Waals surface area contributed by atoms with Crippen LogP contribution >= 0.6 is 27.5 Å². The summed E-state index contributed by atoms with van der Waals surface area (Å²) < 4.78 is 6.06. The van der Waals surface area contributed by atoms with Gasteiger partial charge in [0.05, 0.1) is 25.9 Å². The Morgan fingerprint density at radius 3 is 2.48 bits per heavy atom. The predicted molar refractivity (Wildman–Crippen MR) is 109 cm³/mol. The summed E-state index contributed by atoms with van der Waals surface area (Å²) in [6.07, 6.45) is 1.59. The van der Waals surface area contributed by atoms with Crippen molar-refractivity contribution in [2.24, 2.45) is 0 Å². The number of pyridine rings is 1. The van der Waals surface area contributed by atoms with Crippen LogP contribution in [0.2, 0.25) is 5.02 Å². The van der Waals surface area contributed by atoms with Crippen LogP contribution in [0.15, 0.2) is 34.9 Å². The van der Waals surface area contributed by atoms with E-state index in [0.717, 1.165) is 10.0 Å². The summed E-state index contributed by atoms with van der Waals surface area (Å²) in [7, 11) is 3.18. The summed E-state index contributed by atoms with van der Waals surface area (Å²) in [5, 5.41) is 6.01. The van der Waals surface area contributed by atoms with Crippen LogP contribution in [0, 0.1) is 6.92 Å². The maximum atomic E-state index is 12.3. The van der Waals surface area contributed by atoms with Crippen LogP contribution in [0.3, 0.4) is 0 Å². The van der Waals surface area contributed by atoms with Gasteiger partial charge < -0.3 is 15.4 Å². The Bertz CT molecular complexity index is 830. The van der Waals surface area contributed by atoms with Gasteiger partial charge in [0, 0.05) is 21.8 Å². The number of aryl methyl sites for hydroxylation is 1. The van der Waals surface area contributed by atoms with E-state index in [9.17, 15) is 9.59 Å². The Kier molecular flexibility index (Phi) is 7.58. The van der Waals surface area contributed by atoms with Crippen molar-refractivity contribution in [3.63, 3.8) is 0 Å². The molecule has 2 rings (SSSR count). The number of hydrogen-bond donors (Lipinski definition) is 2. The molecule has 0 saturated heterocycles. The standard InChI is InChI=1S/C18H20BrClN4O3/c1-11-6-14(15(27-3)7-13(11)20)22-17(25)9-24(2)10-18(26)23-16-5-4-12(19)8-21-16/h4-8H,9-10H2,1-3H3,(H,22,25)(H,21,23,26). The van der Waals surface area contributed by atoms with Crippen LogP contribution in [0.25, 0.3) is 0 Å². The minimum absolute atomic E-state index is 0.0337. The van der Waals surface area contributed by atoms with E-state index >= 15 is 0 Å². The number of nitrogens with zero attached hydrogens (tertiary/aromatic N) is 2. The number of halogens is 2. The monoisotopic (exact) mass is 454 g/mol. The highest BCUT2D eigenvalue weighted by atomic mass is 79.9. The van der Waals surface area contributed by atoms with E-state index in [1.807, 2.05) is 6.92 Å². The lowest BCUT2D eigenvalue weighted by atomic mass is 10.2. The van der Waals surface area contributed by atoms with Crippen molar-refractivity contribution in [2.45, 2.75) is 6.92 Å². The number of benzene rings is 1. The summed E-state index contributed by atoms with van der Waals surface area (Å²) in [6.45, 7) is 1.91. The highest BCUT2D eigenvalue weighted by Crippen LogP contribution is 2.30. The third-order valence-electron chi connectivity index (χ3n) is 3.58. The Hall–Kier alpha value is -2.16. The Morgan fingerprint density at radius 2 is 1.89 bits per heavy atom. The van der Waals surface area contributed by atoms with Crippen molar-refractivity contribution < 1.29 is 14.3 Å². The second-order valence-electron chi connectivity index (χ2n) is 5.93. The Morgan fingerprint density at radius 1 is 1.22 bits per heavy atom. The maximum Gasteiger partial charge on any atom is 0.239 e. The molecule has 0 bridgehead atoms. The Labute approximate surface area is 171 Å². The molecule has 1 heterocycles. The number of methoxy groups -OCH3 is 1. The predicted octanol–water partition coefficient (Wildman–Crippen LogP) is 3.32. The molecule has 0 spiro atoms. The van der Waals surface area contributed by atoms with Crippen molar-refractivity contribution in [3.8, 4) is 5.75 Å². The molecule has 0 unspecified atom stereocenters. The number of aromatic nitrogens is 1. The molecule has 1 aromatic carbocycles. The lowest BCUT2D eigenvalue weighted by molar-refractivity contribution is -0.119. The Balaban J connectivity index is 1.89. The van der Waals surface area contributed by atoms with Gasteiger partial charge in [0.15, 0.2) is 0 Å². The van der Waals surface area contributed by atoms with Gasteiger partial charge in [0.25, 0.3) is 0 Å². The largest absolute Gasteiger partial charge is 0.495 e. The number of hydrogen-bond acceptors (Lipinski definition) is 5. The van der Waals surface area contributed by atoms with Crippen molar-refractivity contribution in [3.05, 3.63) is 45.5 Å². The van der Waals surface area contributed by atoms with Gasteiger partial charge in [-0.05, 0) is 53.7 Å². The van der Waals surface area contributed by atoms with E-state index in [-0.39, 0.29) is 24.9 Å². The maximum absolute atomic E-state index is 12.3. The third kappa shape index (κ3) is 6.50.